The molecule has 0 saturated carbocycles. The van der Waals surface area contributed by atoms with E-state index in [0.717, 1.165) is 31.5 Å². The standard InChI is InChI=1S/C21H22FN7/c22-17-9-11-18(12-10-17)24-19-25-20(28-23-15-16-7-3-1-4-8-16)27-21(26-19)29-13-5-2-6-14-29/h1,3-4,7-12,15H,2,5-6,13-14H2,(H2,24,25,26,27,28). The lowest BCUT2D eigenvalue weighted by Gasteiger charge is -2.26. The van der Waals surface area contributed by atoms with E-state index in [2.05, 4.69) is 35.7 Å². The number of rotatable bonds is 6. The average Bonchev–Trinajstić information content (AvgIpc) is 2.77. The molecule has 1 fully saturated rings. The first-order valence-corrected chi connectivity index (χ1v) is 9.64. The predicted molar refractivity (Wildman–Crippen MR) is 113 cm³/mol. The van der Waals surface area contributed by atoms with Crippen LogP contribution >= 0.6 is 0 Å². The Hall–Kier alpha value is -3.55. The molecule has 0 spiro atoms. The molecule has 1 saturated heterocycles. The van der Waals surface area contributed by atoms with Gasteiger partial charge in [0.05, 0.1) is 6.21 Å². The second-order valence-electron chi connectivity index (χ2n) is 6.74. The SMILES string of the molecule is Fc1ccc(Nc2nc(NN=Cc3ccccc3)nc(N3CCCCC3)n2)cc1. The smallest absolute Gasteiger partial charge is 0.250 e. The molecule has 2 heterocycles. The number of anilines is 4. The minimum atomic E-state index is -0.294. The largest absolute Gasteiger partial charge is 0.341 e. The zero-order valence-corrected chi connectivity index (χ0v) is 15.9. The molecule has 148 valence electrons. The fourth-order valence-electron chi connectivity index (χ4n) is 3.07. The highest BCUT2D eigenvalue weighted by Crippen LogP contribution is 2.21. The van der Waals surface area contributed by atoms with Gasteiger partial charge in [0.25, 0.3) is 0 Å². The molecule has 8 heteroatoms. The van der Waals surface area contributed by atoms with Crippen LogP contribution in [0.1, 0.15) is 24.8 Å². The van der Waals surface area contributed by atoms with Crippen molar-refractivity contribution in [3.63, 3.8) is 0 Å². The van der Waals surface area contributed by atoms with E-state index in [4.69, 9.17) is 0 Å². The molecular formula is C21H22FN7. The lowest BCUT2D eigenvalue weighted by molar-refractivity contribution is 0.568. The van der Waals surface area contributed by atoms with Crippen molar-refractivity contribution >= 4 is 29.7 Å². The summed E-state index contributed by atoms with van der Waals surface area (Å²) in [7, 11) is 0. The zero-order valence-electron chi connectivity index (χ0n) is 15.9. The highest BCUT2D eigenvalue weighted by Gasteiger charge is 2.16. The first-order chi connectivity index (χ1) is 14.3. The summed E-state index contributed by atoms with van der Waals surface area (Å²) >= 11 is 0. The van der Waals surface area contributed by atoms with Crippen molar-refractivity contribution in [1.29, 1.82) is 0 Å². The van der Waals surface area contributed by atoms with Crippen molar-refractivity contribution in [2.45, 2.75) is 19.3 Å². The quantitative estimate of drug-likeness (QED) is 0.485. The van der Waals surface area contributed by atoms with Crippen molar-refractivity contribution < 1.29 is 4.39 Å². The summed E-state index contributed by atoms with van der Waals surface area (Å²) in [5.74, 6) is 1.03. The van der Waals surface area contributed by atoms with Crippen LogP contribution in [0.2, 0.25) is 0 Å². The van der Waals surface area contributed by atoms with Gasteiger partial charge in [-0.15, -0.1) is 0 Å². The van der Waals surface area contributed by atoms with Crippen molar-refractivity contribution in [1.82, 2.24) is 15.0 Å². The summed E-state index contributed by atoms with van der Waals surface area (Å²) < 4.78 is 13.2. The van der Waals surface area contributed by atoms with E-state index in [-0.39, 0.29) is 5.82 Å². The van der Waals surface area contributed by atoms with E-state index in [1.807, 2.05) is 30.3 Å². The van der Waals surface area contributed by atoms with Crippen LogP contribution in [0.25, 0.3) is 0 Å². The molecule has 4 rings (SSSR count). The predicted octanol–water partition coefficient (Wildman–Crippen LogP) is 4.19. The fraction of sp³-hybridized carbons (Fsp3) is 0.238. The van der Waals surface area contributed by atoms with E-state index >= 15 is 0 Å². The molecule has 2 N–H and O–H groups in total. The summed E-state index contributed by atoms with van der Waals surface area (Å²) in [4.78, 5) is 15.6. The van der Waals surface area contributed by atoms with Crippen LogP contribution in [0.15, 0.2) is 59.7 Å². The van der Waals surface area contributed by atoms with Gasteiger partial charge in [0.1, 0.15) is 5.82 Å². The summed E-state index contributed by atoms with van der Waals surface area (Å²) in [6.45, 7) is 1.82. The number of nitrogens with one attached hydrogen (secondary N) is 2. The van der Waals surface area contributed by atoms with Crippen LogP contribution in [0, 0.1) is 5.82 Å². The first-order valence-electron chi connectivity index (χ1n) is 9.64. The Balaban J connectivity index is 1.56. The van der Waals surface area contributed by atoms with Crippen molar-refractivity contribution in [3.05, 3.63) is 66.0 Å². The number of piperidine rings is 1. The molecule has 1 aromatic heterocycles. The topological polar surface area (TPSA) is 78.3 Å². The third-order valence-corrected chi connectivity index (χ3v) is 4.54. The molecular weight excluding hydrogens is 369 g/mol. The third kappa shape index (κ3) is 5.25. The fourth-order valence-corrected chi connectivity index (χ4v) is 3.07. The van der Waals surface area contributed by atoms with Crippen LogP contribution < -0.4 is 15.6 Å². The second-order valence-corrected chi connectivity index (χ2v) is 6.74. The molecule has 0 bridgehead atoms. The van der Waals surface area contributed by atoms with E-state index in [1.165, 1.54) is 18.6 Å². The van der Waals surface area contributed by atoms with Gasteiger partial charge in [-0.2, -0.15) is 20.1 Å². The summed E-state index contributed by atoms with van der Waals surface area (Å²) in [6.07, 6.45) is 5.15. The van der Waals surface area contributed by atoms with Gasteiger partial charge in [-0.1, -0.05) is 30.3 Å². The van der Waals surface area contributed by atoms with Crippen molar-refractivity contribution in [3.8, 4) is 0 Å². The number of halogens is 1. The van der Waals surface area contributed by atoms with Gasteiger partial charge in [0, 0.05) is 18.8 Å². The van der Waals surface area contributed by atoms with Crippen LogP contribution in [0.4, 0.5) is 27.9 Å². The van der Waals surface area contributed by atoms with Crippen LogP contribution in [0.5, 0.6) is 0 Å². The maximum atomic E-state index is 13.2. The lowest BCUT2D eigenvalue weighted by atomic mass is 10.1. The number of hydrogen-bond donors (Lipinski definition) is 2. The normalized spacial score (nSPS) is 14.2. The average molecular weight is 391 g/mol. The monoisotopic (exact) mass is 391 g/mol. The highest BCUT2D eigenvalue weighted by atomic mass is 19.1. The highest BCUT2D eigenvalue weighted by molar-refractivity contribution is 5.79. The number of nitrogens with zero attached hydrogens (tertiary/aromatic N) is 5. The second kappa shape index (κ2) is 9.09. The minimum absolute atomic E-state index is 0.294. The molecule has 3 aromatic rings. The number of hydrazone groups is 1. The van der Waals surface area contributed by atoms with Gasteiger partial charge < -0.3 is 10.2 Å². The maximum Gasteiger partial charge on any atom is 0.250 e. The molecule has 0 amide bonds. The van der Waals surface area contributed by atoms with Gasteiger partial charge in [-0.05, 0) is 49.1 Å². The third-order valence-electron chi connectivity index (χ3n) is 4.54. The van der Waals surface area contributed by atoms with Crippen molar-refractivity contribution in [2.75, 3.05) is 28.7 Å². The Morgan fingerprint density at radius 2 is 1.59 bits per heavy atom. The van der Waals surface area contributed by atoms with E-state index < -0.39 is 0 Å². The Labute approximate surface area is 168 Å². The minimum Gasteiger partial charge on any atom is -0.341 e. The van der Waals surface area contributed by atoms with Crippen LogP contribution in [-0.2, 0) is 0 Å². The maximum absolute atomic E-state index is 13.2. The van der Waals surface area contributed by atoms with Gasteiger partial charge in [0.15, 0.2) is 0 Å². The molecule has 1 aliphatic heterocycles. The van der Waals surface area contributed by atoms with Gasteiger partial charge in [0.2, 0.25) is 17.8 Å². The van der Waals surface area contributed by atoms with Gasteiger partial charge in [-0.25, -0.2) is 9.82 Å². The molecule has 0 aliphatic carbocycles. The van der Waals surface area contributed by atoms with E-state index in [9.17, 15) is 4.39 Å². The van der Waals surface area contributed by atoms with E-state index in [1.54, 1.807) is 18.3 Å². The lowest BCUT2D eigenvalue weighted by Crippen LogP contribution is -2.31. The summed E-state index contributed by atoms with van der Waals surface area (Å²) in [5.41, 5.74) is 4.55. The van der Waals surface area contributed by atoms with Crippen LogP contribution in [-0.4, -0.2) is 34.3 Å². The molecule has 0 radical (unpaired) electrons. The zero-order chi connectivity index (χ0) is 19.9. The molecule has 1 aliphatic rings. The first kappa shape index (κ1) is 18.8. The molecule has 0 unspecified atom stereocenters. The van der Waals surface area contributed by atoms with E-state index in [0.29, 0.717) is 23.5 Å². The Morgan fingerprint density at radius 1 is 0.862 bits per heavy atom. The Bertz CT molecular complexity index is 955. The molecule has 7 nitrogen and oxygen atoms in total. The van der Waals surface area contributed by atoms with Crippen LogP contribution in [0.3, 0.4) is 0 Å². The summed E-state index contributed by atoms with van der Waals surface area (Å²) in [6, 6.07) is 15.8. The Kier molecular flexibility index (Phi) is 5.89. The number of hydrogen-bond acceptors (Lipinski definition) is 7. The molecule has 0 atom stereocenters. The van der Waals surface area contributed by atoms with Gasteiger partial charge in [-0.3, -0.25) is 0 Å². The molecule has 2 aromatic carbocycles. The van der Waals surface area contributed by atoms with Gasteiger partial charge >= 0.3 is 0 Å². The molecule has 29 heavy (non-hydrogen) atoms. The number of aromatic nitrogens is 3. The van der Waals surface area contributed by atoms with Crippen molar-refractivity contribution in [2.24, 2.45) is 5.10 Å². The number of benzene rings is 2. The summed E-state index contributed by atoms with van der Waals surface area (Å²) in [5, 5.41) is 7.35. The Morgan fingerprint density at radius 3 is 2.34 bits per heavy atom.